The highest BCUT2D eigenvalue weighted by atomic mass is 79.9. The minimum atomic E-state index is -0.256. The van der Waals surface area contributed by atoms with Gasteiger partial charge in [-0.3, -0.25) is 0 Å². The molecule has 0 atom stereocenters. The van der Waals surface area contributed by atoms with Gasteiger partial charge in [0.2, 0.25) is 0 Å². The second-order valence-corrected chi connectivity index (χ2v) is 4.92. The van der Waals surface area contributed by atoms with E-state index in [9.17, 15) is 4.39 Å². The van der Waals surface area contributed by atoms with Crippen LogP contribution < -0.4 is 11.1 Å². The molecule has 94 valence electrons. The molecule has 0 aliphatic carbocycles. The zero-order valence-electron chi connectivity index (χ0n) is 9.79. The lowest BCUT2D eigenvalue weighted by atomic mass is 10.1. The predicted octanol–water partition coefficient (Wildman–Crippen LogP) is 3.66. The summed E-state index contributed by atoms with van der Waals surface area (Å²) < 4.78 is 14.4. The fourth-order valence-electron chi connectivity index (χ4n) is 1.70. The first-order valence-electron chi connectivity index (χ1n) is 5.66. The molecule has 0 saturated heterocycles. The smallest absolute Gasteiger partial charge is 0.146 e. The highest BCUT2D eigenvalue weighted by Crippen LogP contribution is 2.20. The van der Waals surface area contributed by atoms with Gasteiger partial charge in [0.15, 0.2) is 0 Å². The standard InChI is InChI=1S/C14H14BrFN2/c15-12-4-5-13(16)14(7-12)18-9-11-3-1-2-10(6-11)8-17/h1-7,18H,8-9,17H2. The Bertz CT molecular complexity index is 543. The molecular weight excluding hydrogens is 295 g/mol. The van der Waals surface area contributed by atoms with Gasteiger partial charge in [0.05, 0.1) is 5.69 Å². The fourth-order valence-corrected chi connectivity index (χ4v) is 2.06. The molecular formula is C14H14BrFN2. The Hall–Kier alpha value is -1.39. The highest BCUT2D eigenvalue weighted by molar-refractivity contribution is 9.10. The Labute approximate surface area is 114 Å². The Morgan fingerprint density at radius 3 is 2.67 bits per heavy atom. The van der Waals surface area contributed by atoms with Crippen LogP contribution in [0.25, 0.3) is 0 Å². The van der Waals surface area contributed by atoms with E-state index in [1.165, 1.54) is 6.07 Å². The van der Waals surface area contributed by atoms with Crippen LogP contribution in [0.5, 0.6) is 0 Å². The first-order valence-corrected chi connectivity index (χ1v) is 6.45. The van der Waals surface area contributed by atoms with E-state index < -0.39 is 0 Å². The van der Waals surface area contributed by atoms with Crippen molar-refractivity contribution < 1.29 is 4.39 Å². The van der Waals surface area contributed by atoms with E-state index in [0.717, 1.165) is 15.6 Å². The summed E-state index contributed by atoms with van der Waals surface area (Å²) in [4.78, 5) is 0. The monoisotopic (exact) mass is 308 g/mol. The molecule has 2 aromatic carbocycles. The van der Waals surface area contributed by atoms with E-state index >= 15 is 0 Å². The quantitative estimate of drug-likeness (QED) is 0.904. The molecule has 0 aromatic heterocycles. The van der Waals surface area contributed by atoms with Gasteiger partial charge in [0, 0.05) is 17.6 Å². The van der Waals surface area contributed by atoms with Crippen LogP contribution in [0.1, 0.15) is 11.1 Å². The van der Waals surface area contributed by atoms with Crippen molar-refractivity contribution >= 4 is 21.6 Å². The molecule has 3 N–H and O–H groups in total. The van der Waals surface area contributed by atoms with Crippen molar-refractivity contribution in [2.45, 2.75) is 13.1 Å². The zero-order valence-corrected chi connectivity index (χ0v) is 11.4. The SMILES string of the molecule is NCc1cccc(CNc2cc(Br)ccc2F)c1. The zero-order chi connectivity index (χ0) is 13.0. The summed E-state index contributed by atoms with van der Waals surface area (Å²) in [7, 11) is 0. The van der Waals surface area contributed by atoms with Gasteiger partial charge in [-0.1, -0.05) is 40.2 Å². The fraction of sp³-hybridized carbons (Fsp3) is 0.143. The summed E-state index contributed by atoms with van der Waals surface area (Å²) in [5.74, 6) is -0.256. The Balaban J connectivity index is 2.08. The summed E-state index contributed by atoms with van der Waals surface area (Å²) >= 11 is 3.32. The van der Waals surface area contributed by atoms with Crippen LogP contribution in [0, 0.1) is 5.82 Å². The van der Waals surface area contributed by atoms with Gasteiger partial charge in [-0.15, -0.1) is 0 Å². The largest absolute Gasteiger partial charge is 0.379 e. The second-order valence-electron chi connectivity index (χ2n) is 4.00. The minimum Gasteiger partial charge on any atom is -0.379 e. The van der Waals surface area contributed by atoms with Gasteiger partial charge in [0.1, 0.15) is 5.82 Å². The van der Waals surface area contributed by atoms with Crippen LogP contribution in [0.4, 0.5) is 10.1 Å². The topological polar surface area (TPSA) is 38.0 Å². The summed E-state index contributed by atoms with van der Waals surface area (Å²) in [6.07, 6.45) is 0. The molecule has 0 amide bonds. The molecule has 0 bridgehead atoms. The van der Waals surface area contributed by atoms with Crippen molar-refractivity contribution in [3.05, 3.63) is 63.9 Å². The number of nitrogens with two attached hydrogens (primary N) is 1. The number of hydrogen-bond acceptors (Lipinski definition) is 2. The Kier molecular flexibility index (Phi) is 4.33. The molecule has 2 aromatic rings. The molecule has 0 fully saturated rings. The maximum atomic E-state index is 13.5. The summed E-state index contributed by atoms with van der Waals surface area (Å²) in [5.41, 5.74) is 8.23. The lowest BCUT2D eigenvalue weighted by Crippen LogP contribution is -2.03. The van der Waals surface area contributed by atoms with Crippen molar-refractivity contribution in [1.29, 1.82) is 0 Å². The number of hydrogen-bond donors (Lipinski definition) is 2. The average molecular weight is 309 g/mol. The van der Waals surface area contributed by atoms with E-state index in [1.807, 2.05) is 24.3 Å². The van der Waals surface area contributed by atoms with Crippen molar-refractivity contribution in [2.24, 2.45) is 5.73 Å². The molecule has 0 aliphatic rings. The Morgan fingerprint density at radius 2 is 1.89 bits per heavy atom. The van der Waals surface area contributed by atoms with Gasteiger partial charge >= 0.3 is 0 Å². The highest BCUT2D eigenvalue weighted by Gasteiger charge is 2.02. The maximum Gasteiger partial charge on any atom is 0.146 e. The molecule has 4 heteroatoms. The molecule has 0 radical (unpaired) electrons. The van der Waals surface area contributed by atoms with Crippen LogP contribution in [-0.2, 0) is 13.1 Å². The summed E-state index contributed by atoms with van der Waals surface area (Å²) in [6, 6.07) is 12.8. The third kappa shape index (κ3) is 3.31. The average Bonchev–Trinajstić information content (AvgIpc) is 2.40. The predicted molar refractivity (Wildman–Crippen MR) is 75.8 cm³/mol. The van der Waals surface area contributed by atoms with Crippen LogP contribution in [0.2, 0.25) is 0 Å². The van der Waals surface area contributed by atoms with Gasteiger partial charge < -0.3 is 11.1 Å². The van der Waals surface area contributed by atoms with Crippen molar-refractivity contribution in [1.82, 2.24) is 0 Å². The number of benzene rings is 2. The van der Waals surface area contributed by atoms with Crippen LogP contribution in [0.3, 0.4) is 0 Å². The molecule has 0 saturated carbocycles. The maximum absolute atomic E-state index is 13.5. The van der Waals surface area contributed by atoms with Gasteiger partial charge in [0.25, 0.3) is 0 Å². The molecule has 0 aliphatic heterocycles. The molecule has 0 unspecified atom stereocenters. The Morgan fingerprint density at radius 1 is 1.11 bits per heavy atom. The minimum absolute atomic E-state index is 0.256. The lowest BCUT2D eigenvalue weighted by Gasteiger charge is -2.09. The third-order valence-electron chi connectivity index (χ3n) is 2.64. The summed E-state index contributed by atoms with van der Waals surface area (Å²) in [5, 5.41) is 3.08. The van der Waals surface area contributed by atoms with Gasteiger partial charge in [-0.2, -0.15) is 0 Å². The number of nitrogens with one attached hydrogen (secondary N) is 1. The molecule has 0 spiro atoms. The molecule has 0 heterocycles. The molecule has 18 heavy (non-hydrogen) atoms. The number of rotatable bonds is 4. The van der Waals surface area contributed by atoms with E-state index in [1.54, 1.807) is 12.1 Å². The van der Waals surface area contributed by atoms with E-state index in [0.29, 0.717) is 18.8 Å². The van der Waals surface area contributed by atoms with Crippen LogP contribution >= 0.6 is 15.9 Å². The summed E-state index contributed by atoms with van der Waals surface area (Å²) in [6.45, 7) is 1.08. The van der Waals surface area contributed by atoms with E-state index in [4.69, 9.17) is 5.73 Å². The van der Waals surface area contributed by atoms with Crippen LogP contribution in [0.15, 0.2) is 46.9 Å². The van der Waals surface area contributed by atoms with Crippen molar-refractivity contribution in [2.75, 3.05) is 5.32 Å². The molecule has 2 rings (SSSR count). The first-order chi connectivity index (χ1) is 8.69. The number of anilines is 1. The second kappa shape index (κ2) is 5.98. The van der Waals surface area contributed by atoms with E-state index in [-0.39, 0.29) is 5.82 Å². The lowest BCUT2D eigenvalue weighted by molar-refractivity contribution is 0.630. The van der Waals surface area contributed by atoms with Gasteiger partial charge in [-0.25, -0.2) is 4.39 Å². The molecule has 2 nitrogen and oxygen atoms in total. The number of halogens is 2. The normalized spacial score (nSPS) is 10.4. The van der Waals surface area contributed by atoms with E-state index in [2.05, 4.69) is 21.2 Å². The first kappa shape index (κ1) is 13.1. The third-order valence-corrected chi connectivity index (χ3v) is 3.13. The van der Waals surface area contributed by atoms with Crippen LogP contribution in [-0.4, -0.2) is 0 Å². The van der Waals surface area contributed by atoms with Gasteiger partial charge in [-0.05, 0) is 29.3 Å². The van der Waals surface area contributed by atoms with Crippen molar-refractivity contribution in [3.8, 4) is 0 Å². The van der Waals surface area contributed by atoms with Crippen molar-refractivity contribution in [3.63, 3.8) is 0 Å².